The van der Waals surface area contributed by atoms with Crippen LogP contribution in [-0.2, 0) is 11.8 Å². The van der Waals surface area contributed by atoms with Crippen LogP contribution in [0.1, 0.15) is 42.5 Å². The van der Waals surface area contributed by atoms with Crippen molar-refractivity contribution < 1.29 is 9.53 Å². The Bertz CT molecular complexity index is 1160. The molecule has 170 valence electrons. The van der Waals surface area contributed by atoms with Crippen molar-refractivity contribution in [1.82, 2.24) is 24.5 Å². The molecular weight excluding hydrogens is 410 g/mol. The number of nitrogens with zero attached hydrogens (tertiary/aromatic N) is 4. The van der Waals surface area contributed by atoms with Crippen molar-refractivity contribution in [3.63, 3.8) is 0 Å². The highest BCUT2D eigenvalue weighted by molar-refractivity contribution is 6.00. The molecule has 0 aromatic carbocycles. The lowest BCUT2D eigenvalue weighted by Crippen LogP contribution is -2.39. The van der Waals surface area contributed by atoms with Gasteiger partial charge in [-0.15, -0.1) is 0 Å². The number of pyridine rings is 1. The molecule has 2 saturated carbocycles. The molecule has 2 aliphatic carbocycles. The number of anilines is 3. The maximum Gasteiger partial charge on any atom is 0.274 e. The SMILES string of the molecule is CNc1cc(Nc2cccn(C)c2=O)nc2c(C(=O)NC3CCC3)cnn12.COC1CC1. The molecule has 0 aliphatic heterocycles. The molecule has 3 aromatic rings. The number of carbonyl (C=O) groups is 1. The van der Waals surface area contributed by atoms with Crippen LogP contribution in [0.4, 0.5) is 17.3 Å². The van der Waals surface area contributed by atoms with Crippen molar-refractivity contribution in [3.8, 4) is 0 Å². The molecule has 10 heteroatoms. The summed E-state index contributed by atoms with van der Waals surface area (Å²) in [5.41, 5.74) is 1.07. The van der Waals surface area contributed by atoms with Crippen molar-refractivity contribution in [2.75, 3.05) is 24.8 Å². The van der Waals surface area contributed by atoms with Gasteiger partial charge in [-0.05, 0) is 44.2 Å². The Morgan fingerprint density at radius 3 is 2.62 bits per heavy atom. The lowest BCUT2D eigenvalue weighted by Gasteiger charge is -2.26. The van der Waals surface area contributed by atoms with Crippen molar-refractivity contribution in [1.29, 1.82) is 0 Å². The Morgan fingerprint density at radius 2 is 2.03 bits per heavy atom. The van der Waals surface area contributed by atoms with E-state index in [0.717, 1.165) is 19.3 Å². The van der Waals surface area contributed by atoms with Crippen molar-refractivity contribution >= 4 is 28.9 Å². The lowest BCUT2D eigenvalue weighted by molar-refractivity contribution is 0.0918. The second kappa shape index (κ2) is 9.39. The molecule has 3 N–H and O–H groups in total. The number of fused-ring (bicyclic) bond motifs is 1. The zero-order valence-corrected chi connectivity index (χ0v) is 18.6. The number of hydrogen-bond donors (Lipinski definition) is 3. The van der Waals surface area contributed by atoms with Gasteiger partial charge in [0.05, 0.1) is 12.3 Å². The minimum Gasteiger partial charge on any atom is -0.381 e. The average Bonchev–Trinajstić information content (AvgIpc) is 3.52. The predicted octanol–water partition coefficient (Wildman–Crippen LogP) is 2.29. The van der Waals surface area contributed by atoms with E-state index in [-0.39, 0.29) is 17.5 Å². The molecule has 5 rings (SSSR count). The first-order chi connectivity index (χ1) is 15.5. The zero-order valence-electron chi connectivity index (χ0n) is 18.6. The lowest BCUT2D eigenvalue weighted by atomic mass is 9.93. The molecule has 0 bridgehead atoms. The molecule has 0 radical (unpaired) electrons. The first-order valence-corrected chi connectivity index (χ1v) is 10.8. The molecule has 3 heterocycles. The Morgan fingerprint density at radius 1 is 1.25 bits per heavy atom. The van der Waals surface area contributed by atoms with Gasteiger partial charge in [0, 0.05) is 39.5 Å². The van der Waals surface area contributed by atoms with Gasteiger partial charge >= 0.3 is 0 Å². The summed E-state index contributed by atoms with van der Waals surface area (Å²) in [5, 5.41) is 13.4. The van der Waals surface area contributed by atoms with Gasteiger partial charge in [0.1, 0.15) is 22.9 Å². The fourth-order valence-corrected chi connectivity index (χ4v) is 3.32. The van der Waals surface area contributed by atoms with E-state index in [1.807, 2.05) is 0 Å². The summed E-state index contributed by atoms with van der Waals surface area (Å²) in [5.74, 6) is 0.920. The normalized spacial score (nSPS) is 15.5. The van der Waals surface area contributed by atoms with E-state index in [4.69, 9.17) is 4.74 Å². The van der Waals surface area contributed by atoms with Gasteiger partial charge < -0.3 is 25.3 Å². The van der Waals surface area contributed by atoms with Crippen LogP contribution < -0.4 is 21.5 Å². The number of ether oxygens (including phenoxy) is 1. The Balaban J connectivity index is 0.000000433. The van der Waals surface area contributed by atoms with Gasteiger partial charge in [0.25, 0.3) is 11.5 Å². The van der Waals surface area contributed by atoms with Gasteiger partial charge in [-0.3, -0.25) is 9.59 Å². The highest BCUT2D eigenvalue weighted by atomic mass is 16.5. The molecule has 1 amide bonds. The maximum absolute atomic E-state index is 12.6. The van der Waals surface area contributed by atoms with Crippen LogP contribution in [0.5, 0.6) is 0 Å². The monoisotopic (exact) mass is 439 g/mol. The molecule has 0 unspecified atom stereocenters. The number of rotatable bonds is 6. The summed E-state index contributed by atoms with van der Waals surface area (Å²) >= 11 is 0. The first-order valence-electron chi connectivity index (χ1n) is 10.8. The number of aryl methyl sites for hydroxylation is 1. The molecule has 10 nitrogen and oxygen atoms in total. The number of aromatic nitrogens is 4. The second-order valence-electron chi connectivity index (χ2n) is 8.07. The van der Waals surface area contributed by atoms with Crippen molar-refractivity contribution in [2.45, 2.75) is 44.2 Å². The summed E-state index contributed by atoms with van der Waals surface area (Å²) < 4.78 is 7.92. The van der Waals surface area contributed by atoms with Gasteiger partial charge in [-0.2, -0.15) is 9.61 Å². The third-order valence-corrected chi connectivity index (χ3v) is 5.66. The molecule has 32 heavy (non-hydrogen) atoms. The topological polar surface area (TPSA) is 115 Å². The molecule has 0 saturated heterocycles. The molecular formula is C22H29N7O3. The van der Waals surface area contributed by atoms with Crippen LogP contribution >= 0.6 is 0 Å². The molecule has 0 atom stereocenters. The van der Waals surface area contributed by atoms with Crippen LogP contribution in [0, 0.1) is 0 Å². The van der Waals surface area contributed by atoms with Gasteiger partial charge in [0.2, 0.25) is 0 Å². The number of nitrogens with one attached hydrogen (secondary N) is 3. The molecule has 2 aliphatic rings. The highest BCUT2D eigenvalue weighted by Crippen LogP contribution is 2.23. The first kappa shape index (κ1) is 21.8. The number of carbonyl (C=O) groups excluding carboxylic acids is 1. The summed E-state index contributed by atoms with van der Waals surface area (Å²) in [6, 6.07) is 5.43. The quantitative estimate of drug-likeness (QED) is 0.540. The van der Waals surface area contributed by atoms with E-state index >= 15 is 0 Å². The second-order valence-corrected chi connectivity index (χ2v) is 8.07. The van der Waals surface area contributed by atoms with Crippen LogP contribution in [0.2, 0.25) is 0 Å². The van der Waals surface area contributed by atoms with E-state index < -0.39 is 0 Å². The van der Waals surface area contributed by atoms with Gasteiger partial charge in [-0.1, -0.05) is 0 Å². The number of amides is 1. The highest BCUT2D eigenvalue weighted by Gasteiger charge is 2.23. The van der Waals surface area contributed by atoms with Crippen LogP contribution in [0.3, 0.4) is 0 Å². The third kappa shape index (κ3) is 4.75. The van der Waals surface area contributed by atoms with Crippen LogP contribution in [0.25, 0.3) is 5.65 Å². The average molecular weight is 440 g/mol. The number of methoxy groups -OCH3 is 1. The summed E-state index contributed by atoms with van der Waals surface area (Å²) in [7, 11) is 5.20. The van der Waals surface area contributed by atoms with E-state index in [9.17, 15) is 9.59 Å². The molecule has 3 aromatic heterocycles. The summed E-state index contributed by atoms with van der Waals surface area (Å²) in [4.78, 5) is 29.4. The smallest absolute Gasteiger partial charge is 0.274 e. The van der Waals surface area contributed by atoms with E-state index in [1.54, 1.807) is 50.1 Å². The van der Waals surface area contributed by atoms with E-state index in [0.29, 0.717) is 34.6 Å². The summed E-state index contributed by atoms with van der Waals surface area (Å²) in [6.45, 7) is 0. The minimum absolute atomic E-state index is 0.165. The van der Waals surface area contributed by atoms with Crippen molar-refractivity contribution in [3.05, 3.63) is 46.5 Å². The fourth-order valence-electron chi connectivity index (χ4n) is 3.32. The number of hydrogen-bond acceptors (Lipinski definition) is 7. The Kier molecular flexibility index (Phi) is 6.40. The van der Waals surface area contributed by atoms with Crippen LogP contribution in [-0.4, -0.2) is 51.4 Å². The largest absolute Gasteiger partial charge is 0.381 e. The Labute approximate surface area is 186 Å². The van der Waals surface area contributed by atoms with Gasteiger partial charge in [-0.25, -0.2) is 4.98 Å². The fraction of sp³-hybridized carbons (Fsp3) is 0.455. The minimum atomic E-state index is -0.183. The maximum atomic E-state index is 12.6. The third-order valence-electron chi connectivity index (χ3n) is 5.66. The predicted molar refractivity (Wildman–Crippen MR) is 123 cm³/mol. The van der Waals surface area contributed by atoms with E-state index in [2.05, 4.69) is 26.0 Å². The zero-order chi connectivity index (χ0) is 22.7. The van der Waals surface area contributed by atoms with E-state index in [1.165, 1.54) is 23.6 Å². The van der Waals surface area contributed by atoms with Gasteiger partial charge in [0.15, 0.2) is 5.65 Å². The standard InChI is InChI=1S/C18H21N7O2.C4H8O/c1-19-15-9-14(22-13-7-4-8-24(2)18(13)27)23-16-12(10-20-25(15)16)17(26)21-11-5-3-6-11;1-5-4-2-3-4/h4,7-11,19H,3,5-6H2,1-2H3,(H,21,26)(H,22,23);4H,2-3H2,1H3. The molecule has 0 spiro atoms. The van der Waals surface area contributed by atoms with Crippen LogP contribution in [0.15, 0.2) is 35.4 Å². The Hall–Kier alpha value is -3.40. The van der Waals surface area contributed by atoms with Crippen molar-refractivity contribution in [2.24, 2.45) is 7.05 Å². The summed E-state index contributed by atoms with van der Waals surface area (Å²) in [6.07, 6.45) is 9.56. The molecule has 2 fully saturated rings.